The minimum absolute atomic E-state index is 0.00458. The van der Waals surface area contributed by atoms with Gasteiger partial charge in [0.15, 0.2) is 0 Å². The van der Waals surface area contributed by atoms with Crippen LogP contribution < -0.4 is 13.6 Å². The van der Waals surface area contributed by atoms with Crippen LogP contribution >= 0.6 is 8.60 Å². The Morgan fingerprint density at radius 3 is 0.963 bits per heavy atom. The van der Waals surface area contributed by atoms with Gasteiger partial charge in [0.05, 0.1) is 0 Å². The molecular weight excluding hydrogens is 680 g/mol. The van der Waals surface area contributed by atoms with Gasteiger partial charge in [0.1, 0.15) is 17.2 Å². The van der Waals surface area contributed by atoms with Crippen molar-refractivity contribution < 1.29 is 13.6 Å². The largest absolute Gasteiger partial charge is 0.530 e. The minimum atomic E-state index is -1.98. The number of rotatable bonds is 6. The normalized spacial score (nSPS) is 13.5. The Morgan fingerprint density at radius 2 is 0.611 bits per heavy atom. The second kappa shape index (κ2) is 14.2. The summed E-state index contributed by atoms with van der Waals surface area (Å²) in [5.41, 5.74) is 6.77. The minimum Gasteiger partial charge on any atom is -0.408 e. The van der Waals surface area contributed by atoms with Gasteiger partial charge in [0, 0.05) is 16.7 Å². The molecule has 5 aromatic carbocycles. The molecular formula is C50H67O3P. The van der Waals surface area contributed by atoms with Crippen LogP contribution in [0.3, 0.4) is 0 Å². The second-order valence-corrected chi connectivity index (χ2v) is 22.5. The van der Waals surface area contributed by atoms with Crippen LogP contribution in [0.25, 0.3) is 21.5 Å². The summed E-state index contributed by atoms with van der Waals surface area (Å²) in [6, 6.07) is 29.1. The molecule has 0 radical (unpaired) electrons. The van der Waals surface area contributed by atoms with Crippen LogP contribution in [0.2, 0.25) is 0 Å². The Hall–Kier alpha value is -3.55. The molecule has 0 bridgehead atoms. The number of hydrogen-bond acceptors (Lipinski definition) is 3. The summed E-state index contributed by atoms with van der Waals surface area (Å²) < 4.78 is 21.3. The van der Waals surface area contributed by atoms with E-state index >= 15 is 0 Å². The highest BCUT2D eigenvalue weighted by molar-refractivity contribution is 7.43. The van der Waals surface area contributed by atoms with E-state index in [9.17, 15) is 0 Å². The standard InChI is InChI=1S/C50H67O3P/c1-45(2,3)36-21-19-32-29-43(39(48(10,11)12)27-34(32)25-36)52-54(51-42-24-23-38(47(7,8)9)31-41(42)50(16,17)18)53-44-30-33-20-22-37(46(4,5)6)26-35(33)28-40(44)49(13,14)15/h19-31H,1-18H3. The molecule has 0 aliphatic carbocycles. The fourth-order valence-corrected chi connectivity index (χ4v) is 7.82. The van der Waals surface area contributed by atoms with Crippen LogP contribution in [0.5, 0.6) is 17.2 Å². The van der Waals surface area contributed by atoms with Gasteiger partial charge in [-0.1, -0.05) is 173 Å². The number of fused-ring (bicyclic) bond motifs is 2. The number of hydrogen-bond donors (Lipinski definition) is 0. The van der Waals surface area contributed by atoms with E-state index in [-0.39, 0.29) is 32.5 Å². The smallest absolute Gasteiger partial charge is 0.408 e. The van der Waals surface area contributed by atoms with Gasteiger partial charge in [-0.25, -0.2) is 0 Å². The first-order valence-corrected chi connectivity index (χ1v) is 20.8. The van der Waals surface area contributed by atoms with E-state index in [1.54, 1.807) is 0 Å². The highest BCUT2D eigenvalue weighted by atomic mass is 31.2. The van der Waals surface area contributed by atoms with Gasteiger partial charge in [-0.15, -0.1) is 0 Å². The predicted octanol–water partition coefficient (Wildman–Crippen LogP) is 15.5. The highest BCUT2D eigenvalue weighted by Gasteiger charge is 2.32. The van der Waals surface area contributed by atoms with Crippen LogP contribution in [0.15, 0.2) is 78.9 Å². The van der Waals surface area contributed by atoms with Crippen LogP contribution in [0.4, 0.5) is 0 Å². The maximum absolute atomic E-state index is 7.11. The molecule has 0 aromatic heterocycles. The quantitative estimate of drug-likeness (QED) is 0.162. The Balaban J connectivity index is 1.71. The van der Waals surface area contributed by atoms with Crippen LogP contribution in [-0.4, -0.2) is 0 Å². The van der Waals surface area contributed by atoms with Gasteiger partial charge in [-0.3, -0.25) is 0 Å². The van der Waals surface area contributed by atoms with Crippen molar-refractivity contribution in [3.05, 3.63) is 112 Å². The third-order valence-electron chi connectivity index (χ3n) is 10.4. The summed E-state index contributed by atoms with van der Waals surface area (Å²) >= 11 is 0. The lowest BCUT2D eigenvalue weighted by Crippen LogP contribution is -2.18. The molecule has 0 heterocycles. The zero-order valence-corrected chi connectivity index (χ0v) is 37.6. The van der Waals surface area contributed by atoms with Crippen molar-refractivity contribution in [2.45, 2.75) is 157 Å². The van der Waals surface area contributed by atoms with Crippen LogP contribution in [0, 0.1) is 0 Å². The molecule has 0 saturated carbocycles. The van der Waals surface area contributed by atoms with Gasteiger partial charge in [0.25, 0.3) is 0 Å². The van der Waals surface area contributed by atoms with Crippen molar-refractivity contribution in [2.75, 3.05) is 0 Å². The first-order chi connectivity index (χ1) is 24.5. The van der Waals surface area contributed by atoms with Crippen LogP contribution in [-0.2, 0) is 32.5 Å². The topological polar surface area (TPSA) is 27.7 Å². The molecule has 54 heavy (non-hydrogen) atoms. The number of benzene rings is 5. The second-order valence-electron chi connectivity index (χ2n) is 21.5. The summed E-state index contributed by atoms with van der Waals surface area (Å²) in [6.07, 6.45) is 0. The third kappa shape index (κ3) is 9.45. The third-order valence-corrected chi connectivity index (χ3v) is 11.4. The SMILES string of the molecule is CC(C)(C)c1ccc(OP(Oc2cc3ccc(C(C)(C)C)cc3cc2C(C)(C)C)Oc2cc3ccc(C(C)(C)C)cc3cc2C(C)(C)C)c(C(C)(C)C)c1. The molecule has 0 atom stereocenters. The average Bonchev–Trinajstić information content (AvgIpc) is 3.01. The van der Waals surface area contributed by atoms with E-state index in [0.29, 0.717) is 0 Å². The van der Waals surface area contributed by atoms with E-state index in [1.165, 1.54) is 27.5 Å². The Bertz CT molecular complexity index is 2030. The van der Waals surface area contributed by atoms with E-state index < -0.39 is 8.60 Å². The predicted molar refractivity (Wildman–Crippen MR) is 235 cm³/mol. The summed E-state index contributed by atoms with van der Waals surface area (Å²) in [6.45, 7) is 40.5. The zero-order valence-electron chi connectivity index (χ0n) is 36.7. The van der Waals surface area contributed by atoms with Crippen molar-refractivity contribution >= 4 is 30.1 Å². The zero-order chi connectivity index (χ0) is 40.4. The molecule has 3 nitrogen and oxygen atoms in total. The highest BCUT2D eigenvalue weighted by Crippen LogP contribution is 2.51. The first-order valence-electron chi connectivity index (χ1n) is 19.7. The van der Waals surface area contributed by atoms with E-state index in [0.717, 1.165) is 44.7 Å². The van der Waals surface area contributed by atoms with Crippen molar-refractivity contribution in [2.24, 2.45) is 0 Å². The molecule has 0 aliphatic heterocycles. The lowest BCUT2D eigenvalue weighted by molar-refractivity contribution is 0.373. The monoisotopic (exact) mass is 746 g/mol. The molecule has 0 saturated heterocycles. The van der Waals surface area contributed by atoms with Gasteiger partial charge in [0.2, 0.25) is 0 Å². The van der Waals surface area contributed by atoms with Gasteiger partial charge >= 0.3 is 8.60 Å². The summed E-state index contributed by atoms with van der Waals surface area (Å²) in [7, 11) is -1.98. The maximum Gasteiger partial charge on any atom is 0.530 e. The van der Waals surface area contributed by atoms with Gasteiger partial charge in [-0.05, 0) is 101 Å². The van der Waals surface area contributed by atoms with Gasteiger partial charge < -0.3 is 13.6 Å². The molecule has 5 rings (SSSR count). The van der Waals surface area contributed by atoms with E-state index in [2.05, 4.69) is 203 Å². The Labute approximate surface area is 329 Å². The average molecular weight is 747 g/mol. The fraction of sp³-hybridized carbons (Fsp3) is 0.480. The summed E-state index contributed by atoms with van der Waals surface area (Å²) in [5.74, 6) is 2.34. The Kier molecular flexibility index (Phi) is 10.9. The van der Waals surface area contributed by atoms with E-state index in [1.807, 2.05) is 0 Å². The van der Waals surface area contributed by atoms with Crippen molar-refractivity contribution in [1.82, 2.24) is 0 Å². The lowest BCUT2D eigenvalue weighted by atomic mass is 9.80. The lowest BCUT2D eigenvalue weighted by Gasteiger charge is -2.30. The molecule has 0 fully saturated rings. The molecule has 5 aromatic rings. The molecule has 290 valence electrons. The summed E-state index contributed by atoms with van der Waals surface area (Å²) in [4.78, 5) is 0. The molecule has 0 spiro atoms. The molecule has 4 heteroatoms. The fourth-order valence-electron chi connectivity index (χ4n) is 6.77. The van der Waals surface area contributed by atoms with Crippen molar-refractivity contribution in [3.63, 3.8) is 0 Å². The van der Waals surface area contributed by atoms with Crippen molar-refractivity contribution in [1.29, 1.82) is 0 Å². The first kappa shape index (κ1) is 41.6. The maximum atomic E-state index is 7.11. The molecule has 0 N–H and O–H groups in total. The molecule has 0 unspecified atom stereocenters. The van der Waals surface area contributed by atoms with E-state index in [4.69, 9.17) is 13.6 Å². The van der Waals surface area contributed by atoms with Gasteiger partial charge in [-0.2, -0.15) is 0 Å². The molecule has 0 aliphatic rings. The van der Waals surface area contributed by atoms with Crippen LogP contribution in [0.1, 0.15) is 158 Å². The molecule has 0 amide bonds. The van der Waals surface area contributed by atoms with Crippen molar-refractivity contribution in [3.8, 4) is 17.2 Å². The summed E-state index contributed by atoms with van der Waals surface area (Å²) in [5, 5.41) is 4.67. The Morgan fingerprint density at radius 1 is 0.296 bits per heavy atom.